The van der Waals surface area contributed by atoms with Crippen LogP contribution in [0.1, 0.15) is 23.7 Å². The summed E-state index contributed by atoms with van der Waals surface area (Å²) in [5.74, 6) is -0.808. The monoisotopic (exact) mass is 356 g/mol. The number of anilines is 1. The second-order valence-corrected chi connectivity index (χ2v) is 5.83. The van der Waals surface area contributed by atoms with E-state index in [0.29, 0.717) is 17.7 Å². The molecule has 7 heteroatoms. The van der Waals surface area contributed by atoms with Gasteiger partial charge in [0.15, 0.2) is 0 Å². The molecular formula is C14H17BrN2O4. The van der Waals surface area contributed by atoms with Crippen molar-refractivity contribution in [3.05, 3.63) is 28.2 Å². The molecule has 0 radical (unpaired) electrons. The minimum Gasteiger partial charge on any atom is -0.478 e. The van der Waals surface area contributed by atoms with Gasteiger partial charge in [0, 0.05) is 23.0 Å². The second-order valence-electron chi connectivity index (χ2n) is 4.98. The quantitative estimate of drug-likeness (QED) is 0.773. The minimum atomic E-state index is -1.09. The standard InChI is InChI=1S/C14H17BrN2O4/c1-8(9-5-6-21-7-9)16-14(20)17-12-10(13(18)19)3-2-4-11(12)15/h2-4,8-9H,5-7H2,1H3,(H,18,19)(H2,16,17,20). The summed E-state index contributed by atoms with van der Waals surface area (Å²) in [7, 11) is 0. The number of carboxylic acid groups (broad SMARTS) is 1. The first-order valence-electron chi connectivity index (χ1n) is 6.66. The topological polar surface area (TPSA) is 87.7 Å². The van der Waals surface area contributed by atoms with Gasteiger partial charge in [-0.15, -0.1) is 0 Å². The number of carbonyl (C=O) groups is 2. The van der Waals surface area contributed by atoms with Crippen LogP contribution in [-0.2, 0) is 4.74 Å². The van der Waals surface area contributed by atoms with Crippen molar-refractivity contribution in [2.75, 3.05) is 18.5 Å². The van der Waals surface area contributed by atoms with Crippen molar-refractivity contribution in [3.63, 3.8) is 0 Å². The Kier molecular flexibility index (Phi) is 5.19. The first kappa shape index (κ1) is 15.8. The van der Waals surface area contributed by atoms with E-state index < -0.39 is 12.0 Å². The van der Waals surface area contributed by atoms with E-state index in [4.69, 9.17) is 9.84 Å². The number of ether oxygens (including phenoxy) is 1. The lowest BCUT2D eigenvalue weighted by Gasteiger charge is -2.20. The van der Waals surface area contributed by atoms with Gasteiger partial charge < -0.3 is 20.5 Å². The van der Waals surface area contributed by atoms with Crippen molar-refractivity contribution in [1.82, 2.24) is 5.32 Å². The number of hydrogen-bond donors (Lipinski definition) is 3. The van der Waals surface area contributed by atoms with Gasteiger partial charge in [-0.25, -0.2) is 9.59 Å². The minimum absolute atomic E-state index is 0.0383. The number of nitrogens with one attached hydrogen (secondary N) is 2. The van der Waals surface area contributed by atoms with E-state index in [9.17, 15) is 9.59 Å². The fraction of sp³-hybridized carbons (Fsp3) is 0.429. The predicted octanol–water partition coefficient (Wildman–Crippen LogP) is 2.69. The fourth-order valence-corrected chi connectivity index (χ4v) is 2.72. The van der Waals surface area contributed by atoms with Crippen LogP contribution in [0.4, 0.5) is 10.5 Å². The van der Waals surface area contributed by atoms with Crippen molar-refractivity contribution in [2.24, 2.45) is 5.92 Å². The third-order valence-electron chi connectivity index (χ3n) is 3.51. The highest BCUT2D eigenvalue weighted by Crippen LogP contribution is 2.26. The number of halogens is 1. The van der Waals surface area contributed by atoms with Crippen LogP contribution in [-0.4, -0.2) is 36.4 Å². The van der Waals surface area contributed by atoms with E-state index in [-0.39, 0.29) is 23.2 Å². The zero-order chi connectivity index (χ0) is 15.4. The van der Waals surface area contributed by atoms with Gasteiger partial charge in [0.2, 0.25) is 0 Å². The zero-order valence-corrected chi connectivity index (χ0v) is 13.1. The molecule has 0 aromatic heterocycles. The van der Waals surface area contributed by atoms with Crippen molar-refractivity contribution in [2.45, 2.75) is 19.4 Å². The Morgan fingerprint density at radius 1 is 1.48 bits per heavy atom. The Morgan fingerprint density at radius 2 is 2.24 bits per heavy atom. The third kappa shape index (κ3) is 3.95. The van der Waals surface area contributed by atoms with Crippen molar-refractivity contribution in [1.29, 1.82) is 0 Å². The molecule has 1 aliphatic rings. The Hall–Kier alpha value is -1.60. The van der Waals surface area contributed by atoms with Crippen LogP contribution in [0.2, 0.25) is 0 Å². The molecule has 0 bridgehead atoms. The number of carboxylic acids is 1. The van der Waals surface area contributed by atoms with Gasteiger partial charge >= 0.3 is 12.0 Å². The van der Waals surface area contributed by atoms with Crippen LogP contribution in [0.5, 0.6) is 0 Å². The van der Waals surface area contributed by atoms with Gasteiger partial charge in [-0.3, -0.25) is 0 Å². The van der Waals surface area contributed by atoms with Gasteiger partial charge in [-0.2, -0.15) is 0 Å². The number of para-hydroxylation sites is 1. The number of aromatic carboxylic acids is 1. The molecule has 0 saturated carbocycles. The molecule has 6 nitrogen and oxygen atoms in total. The highest BCUT2D eigenvalue weighted by molar-refractivity contribution is 9.10. The van der Waals surface area contributed by atoms with Crippen LogP contribution in [0, 0.1) is 5.92 Å². The molecule has 1 fully saturated rings. The highest BCUT2D eigenvalue weighted by atomic mass is 79.9. The van der Waals surface area contributed by atoms with Gasteiger partial charge in [0.05, 0.1) is 17.9 Å². The Bertz CT molecular complexity index is 544. The van der Waals surface area contributed by atoms with Crippen molar-refractivity contribution < 1.29 is 19.4 Å². The summed E-state index contributed by atoms with van der Waals surface area (Å²) in [6.45, 7) is 3.26. The van der Waals surface area contributed by atoms with E-state index in [0.717, 1.165) is 6.42 Å². The summed E-state index contributed by atoms with van der Waals surface area (Å²) in [4.78, 5) is 23.2. The molecule has 1 aliphatic heterocycles. The lowest BCUT2D eigenvalue weighted by atomic mass is 10.0. The summed E-state index contributed by atoms with van der Waals surface area (Å²) >= 11 is 3.25. The molecule has 0 aliphatic carbocycles. The third-order valence-corrected chi connectivity index (χ3v) is 4.17. The highest BCUT2D eigenvalue weighted by Gasteiger charge is 2.24. The summed E-state index contributed by atoms with van der Waals surface area (Å²) in [6, 6.07) is 4.26. The normalized spacial score (nSPS) is 19.0. The molecular weight excluding hydrogens is 340 g/mol. The molecule has 1 saturated heterocycles. The molecule has 1 heterocycles. The van der Waals surface area contributed by atoms with Gasteiger partial charge in [0.1, 0.15) is 0 Å². The van der Waals surface area contributed by atoms with Crippen molar-refractivity contribution in [3.8, 4) is 0 Å². The average Bonchev–Trinajstić information content (AvgIpc) is 2.94. The molecule has 2 unspecified atom stereocenters. The molecule has 21 heavy (non-hydrogen) atoms. The molecule has 2 atom stereocenters. The number of urea groups is 1. The van der Waals surface area contributed by atoms with E-state index in [1.807, 2.05) is 6.92 Å². The number of hydrogen-bond acceptors (Lipinski definition) is 3. The molecule has 1 aromatic carbocycles. The number of amides is 2. The van der Waals surface area contributed by atoms with Crippen LogP contribution in [0.15, 0.2) is 22.7 Å². The summed E-state index contributed by atoms with van der Waals surface area (Å²) in [6.07, 6.45) is 0.914. The van der Waals surface area contributed by atoms with E-state index >= 15 is 0 Å². The molecule has 0 spiro atoms. The zero-order valence-electron chi connectivity index (χ0n) is 11.6. The second kappa shape index (κ2) is 6.91. The van der Waals surface area contributed by atoms with E-state index in [1.165, 1.54) is 6.07 Å². The predicted molar refractivity (Wildman–Crippen MR) is 81.6 cm³/mol. The Balaban J connectivity index is 2.04. The SMILES string of the molecule is CC(NC(=O)Nc1c(Br)cccc1C(=O)O)C1CCOC1. The lowest BCUT2D eigenvalue weighted by molar-refractivity contribution is 0.0698. The molecule has 2 amide bonds. The summed E-state index contributed by atoms with van der Waals surface area (Å²) in [5, 5.41) is 14.6. The van der Waals surface area contributed by atoms with Crippen LogP contribution in [0.25, 0.3) is 0 Å². The Labute approximate surface area is 131 Å². The lowest BCUT2D eigenvalue weighted by Crippen LogP contribution is -2.41. The molecule has 3 N–H and O–H groups in total. The van der Waals surface area contributed by atoms with Gasteiger partial charge in [0.25, 0.3) is 0 Å². The fourth-order valence-electron chi connectivity index (χ4n) is 2.25. The number of benzene rings is 1. The largest absolute Gasteiger partial charge is 0.478 e. The molecule has 1 aromatic rings. The van der Waals surface area contributed by atoms with E-state index in [2.05, 4.69) is 26.6 Å². The van der Waals surface area contributed by atoms with Crippen LogP contribution < -0.4 is 10.6 Å². The van der Waals surface area contributed by atoms with E-state index in [1.54, 1.807) is 12.1 Å². The maximum absolute atomic E-state index is 12.0. The maximum Gasteiger partial charge on any atom is 0.337 e. The number of carbonyl (C=O) groups excluding carboxylic acids is 1. The summed E-state index contributed by atoms with van der Waals surface area (Å²) in [5.41, 5.74) is 0.286. The van der Waals surface area contributed by atoms with Gasteiger partial charge in [-0.05, 0) is 41.4 Å². The molecule has 2 rings (SSSR count). The Morgan fingerprint density at radius 3 is 2.86 bits per heavy atom. The smallest absolute Gasteiger partial charge is 0.337 e. The van der Waals surface area contributed by atoms with Crippen molar-refractivity contribution >= 4 is 33.6 Å². The van der Waals surface area contributed by atoms with Crippen LogP contribution >= 0.6 is 15.9 Å². The van der Waals surface area contributed by atoms with Crippen LogP contribution in [0.3, 0.4) is 0 Å². The maximum atomic E-state index is 12.0. The first-order valence-corrected chi connectivity index (χ1v) is 7.45. The summed E-state index contributed by atoms with van der Waals surface area (Å²) < 4.78 is 5.81. The molecule has 114 valence electrons. The van der Waals surface area contributed by atoms with Gasteiger partial charge in [-0.1, -0.05) is 6.07 Å². The average molecular weight is 357 g/mol. The number of rotatable bonds is 4. The first-order chi connectivity index (χ1) is 9.99.